The van der Waals surface area contributed by atoms with E-state index >= 15 is 0 Å². The first kappa shape index (κ1) is 14.3. The molecule has 0 nitrogen and oxygen atoms in total. The molecule has 3 heteroatoms. The average Bonchev–Trinajstić information content (AvgIpc) is 2.24. The summed E-state index contributed by atoms with van der Waals surface area (Å²) in [5.41, 5.74) is 1.27. The maximum atomic E-state index is 13.7. The molecule has 0 aromatic heterocycles. The number of rotatable bonds is 5. The van der Waals surface area contributed by atoms with Crippen LogP contribution in [0.1, 0.15) is 25.0 Å². The van der Waals surface area contributed by atoms with E-state index in [0.29, 0.717) is 11.1 Å². The molecular weight excluding hydrogens is 237 g/mol. The van der Waals surface area contributed by atoms with Gasteiger partial charge in [-0.2, -0.15) is 0 Å². The van der Waals surface area contributed by atoms with Crippen molar-refractivity contribution in [2.45, 2.75) is 20.8 Å². The summed E-state index contributed by atoms with van der Waals surface area (Å²) in [4.78, 5) is 0. The third-order valence-corrected chi connectivity index (χ3v) is 5.47. The van der Waals surface area contributed by atoms with Crippen LogP contribution < -0.4 is 0 Å². The predicted octanol–water partition coefficient (Wildman–Crippen LogP) is 4.81. The highest BCUT2D eigenvalue weighted by Crippen LogP contribution is 2.39. The summed E-state index contributed by atoms with van der Waals surface area (Å²) in [7, 11) is -0.185. The van der Waals surface area contributed by atoms with Crippen LogP contribution in [0, 0.1) is 18.6 Å². The van der Waals surface area contributed by atoms with Crippen LogP contribution in [0.2, 0.25) is 0 Å². The van der Waals surface area contributed by atoms with E-state index in [2.05, 4.69) is 20.4 Å². The Bertz CT molecular complexity index is 386. The predicted molar refractivity (Wildman–Crippen MR) is 73.0 cm³/mol. The van der Waals surface area contributed by atoms with Crippen molar-refractivity contribution in [3.8, 4) is 0 Å². The van der Waals surface area contributed by atoms with Crippen molar-refractivity contribution in [2.24, 2.45) is 0 Å². The molecule has 0 aliphatic heterocycles. The Morgan fingerprint density at radius 3 is 2.06 bits per heavy atom. The molecule has 0 radical (unpaired) electrons. The first-order chi connectivity index (χ1) is 7.99. The van der Waals surface area contributed by atoms with Gasteiger partial charge in [0.05, 0.1) is 0 Å². The van der Waals surface area contributed by atoms with Crippen LogP contribution in [0.3, 0.4) is 0 Å². The van der Waals surface area contributed by atoms with Crippen molar-refractivity contribution in [1.82, 2.24) is 0 Å². The number of benzene rings is 1. The largest absolute Gasteiger partial charge is 0.206 e. The molecule has 0 unspecified atom stereocenters. The van der Waals surface area contributed by atoms with E-state index in [4.69, 9.17) is 0 Å². The van der Waals surface area contributed by atoms with Gasteiger partial charge in [-0.25, -0.2) is 8.78 Å². The van der Waals surface area contributed by atoms with E-state index in [1.807, 2.05) is 0 Å². The van der Waals surface area contributed by atoms with Gasteiger partial charge in [0.2, 0.25) is 0 Å². The molecule has 0 spiro atoms. The van der Waals surface area contributed by atoms with Crippen LogP contribution in [0.15, 0.2) is 18.7 Å². The molecule has 0 aliphatic rings. The Labute approximate surface area is 103 Å². The number of halogens is 2. The molecule has 1 aromatic carbocycles. The van der Waals surface area contributed by atoms with E-state index in [0.717, 1.165) is 18.5 Å². The number of hydrogen-bond acceptors (Lipinski definition) is 0. The van der Waals surface area contributed by atoms with Gasteiger partial charge < -0.3 is 0 Å². The first-order valence-electron chi connectivity index (χ1n) is 5.85. The molecule has 0 atom stereocenters. The third-order valence-electron chi connectivity index (χ3n) is 2.85. The summed E-state index contributed by atoms with van der Waals surface area (Å²) in [5, 5.41) is 0. The minimum Gasteiger partial charge on any atom is -0.206 e. The summed E-state index contributed by atoms with van der Waals surface area (Å²) in [6.07, 6.45) is 2.86. The van der Waals surface area contributed by atoms with Gasteiger partial charge in [0.25, 0.3) is 0 Å². The van der Waals surface area contributed by atoms with Crippen LogP contribution in [-0.4, -0.2) is 18.5 Å². The van der Waals surface area contributed by atoms with Crippen LogP contribution in [0.25, 0.3) is 5.57 Å². The van der Waals surface area contributed by atoms with Crippen LogP contribution in [0.5, 0.6) is 0 Å². The lowest BCUT2D eigenvalue weighted by Gasteiger charge is -2.16. The minimum atomic E-state index is -0.491. The third kappa shape index (κ3) is 3.61. The van der Waals surface area contributed by atoms with Crippen molar-refractivity contribution in [3.05, 3.63) is 41.5 Å². The number of hydrogen-bond donors (Lipinski definition) is 0. The van der Waals surface area contributed by atoms with Gasteiger partial charge in [-0.05, 0) is 48.7 Å². The van der Waals surface area contributed by atoms with E-state index in [1.165, 1.54) is 12.1 Å². The van der Waals surface area contributed by atoms with Gasteiger partial charge in [0, 0.05) is 5.56 Å². The van der Waals surface area contributed by atoms with Crippen molar-refractivity contribution < 1.29 is 8.78 Å². The van der Waals surface area contributed by atoms with Gasteiger partial charge in [0.1, 0.15) is 11.6 Å². The molecule has 0 amide bonds. The molecule has 0 heterocycles. The maximum absolute atomic E-state index is 13.7. The van der Waals surface area contributed by atoms with E-state index in [9.17, 15) is 8.78 Å². The monoisotopic (exact) mass is 256 g/mol. The lowest BCUT2D eigenvalue weighted by molar-refractivity contribution is 0.575. The molecule has 1 aromatic rings. The first-order valence-corrected chi connectivity index (χ1v) is 7.75. The smallest absolute Gasteiger partial charge is 0.133 e. The van der Waals surface area contributed by atoms with Gasteiger partial charge >= 0.3 is 0 Å². The molecule has 94 valence electrons. The summed E-state index contributed by atoms with van der Waals surface area (Å²) in [6.45, 7) is 9.76. The normalized spacial score (nSPS) is 10.9. The van der Waals surface area contributed by atoms with Crippen LogP contribution >= 0.6 is 7.92 Å². The Balaban J connectivity index is 2.96. The van der Waals surface area contributed by atoms with Crippen molar-refractivity contribution >= 4 is 13.5 Å². The molecule has 0 saturated heterocycles. The SMILES string of the molecule is C=C(CP(CC)CC)c1c(F)cc(C)cc1F. The summed E-state index contributed by atoms with van der Waals surface area (Å²) >= 11 is 0. The van der Waals surface area contributed by atoms with Crippen molar-refractivity contribution in [2.75, 3.05) is 18.5 Å². The van der Waals surface area contributed by atoms with E-state index in [1.54, 1.807) is 6.92 Å². The molecule has 0 fully saturated rings. The fourth-order valence-corrected chi connectivity index (χ4v) is 3.43. The highest BCUT2D eigenvalue weighted by atomic mass is 31.1. The minimum absolute atomic E-state index is 0.0741. The summed E-state index contributed by atoms with van der Waals surface area (Å²) in [5.74, 6) is -0.982. The average molecular weight is 256 g/mol. The fourth-order valence-electron chi connectivity index (χ4n) is 1.83. The zero-order valence-electron chi connectivity index (χ0n) is 10.7. The van der Waals surface area contributed by atoms with Crippen LogP contribution in [-0.2, 0) is 0 Å². The maximum Gasteiger partial charge on any atom is 0.133 e. The van der Waals surface area contributed by atoms with E-state index < -0.39 is 11.6 Å². The summed E-state index contributed by atoms with van der Waals surface area (Å²) < 4.78 is 27.5. The van der Waals surface area contributed by atoms with Crippen molar-refractivity contribution in [3.63, 3.8) is 0 Å². The zero-order valence-corrected chi connectivity index (χ0v) is 11.6. The molecule has 0 N–H and O–H groups in total. The molecule has 0 saturated carbocycles. The molecule has 0 aliphatic carbocycles. The zero-order chi connectivity index (χ0) is 13.0. The number of aryl methyl sites for hydroxylation is 1. The van der Waals surface area contributed by atoms with Gasteiger partial charge in [0.15, 0.2) is 0 Å². The lowest BCUT2D eigenvalue weighted by Crippen LogP contribution is -2.00. The topological polar surface area (TPSA) is 0 Å². The van der Waals surface area contributed by atoms with Gasteiger partial charge in [-0.15, -0.1) is 7.92 Å². The Morgan fingerprint density at radius 1 is 1.18 bits per heavy atom. The Morgan fingerprint density at radius 2 is 1.65 bits per heavy atom. The van der Waals surface area contributed by atoms with Crippen LogP contribution in [0.4, 0.5) is 8.78 Å². The molecule has 0 bridgehead atoms. The highest BCUT2D eigenvalue weighted by Gasteiger charge is 2.15. The fraction of sp³-hybridized carbons (Fsp3) is 0.429. The molecule has 1 rings (SSSR count). The second-order valence-corrected chi connectivity index (χ2v) is 7.09. The Hall–Kier alpha value is -0.750. The van der Waals surface area contributed by atoms with Gasteiger partial charge in [-0.1, -0.05) is 20.4 Å². The van der Waals surface area contributed by atoms with Crippen molar-refractivity contribution in [1.29, 1.82) is 0 Å². The molecule has 17 heavy (non-hydrogen) atoms. The second kappa shape index (κ2) is 6.26. The van der Waals surface area contributed by atoms with Gasteiger partial charge in [-0.3, -0.25) is 0 Å². The summed E-state index contributed by atoms with van der Waals surface area (Å²) in [6, 6.07) is 2.73. The van der Waals surface area contributed by atoms with E-state index in [-0.39, 0.29) is 13.5 Å². The standard InChI is InChI=1S/C14H19F2P/c1-5-17(6-2)9-11(4)14-12(15)7-10(3)8-13(14)16/h7-8H,4-6,9H2,1-3H3. The highest BCUT2D eigenvalue weighted by molar-refractivity contribution is 7.58. The lowest BCUT2D eigenvalue weighted by atomic mass is 10.1. The molecular formula is C14H19F2P. The quantitative estimate of drug-likeness (QED) is 0.663. The Kier molecular flexibility index (Phi) is 5.27. The second-order valence-electron chi connectivity index (χ2n) is 4.17. The number of allylic oxidation sites excluding steroid dienone is 1.